The van der Waals surface area contributed by atoms with E-state index >= 15 is 0 Å². The maximum Gasteiger partial charge on any atom is 0.264 e. The topological polar surface area (TPSA) is 69.6 Å². The molecule has 1 aromatic carbocycles. The molecule has 0 atom stereocenters. The third-order valence-electron chi connectivity index (χ3n) is 5.07. The van der Waals surface area contributed by atoms with E-state index in [1.165, 1.54) is 11.3 Å². The number of hydrogen-bond acceptors (Lipinski definition) is 6. The number of carbonyl (C=O) groups excluding carboxylic acids is 1. The van der Waals surface area contributed by atoms with Crippen LogP contribution in [0.5, 0.6) is 5.75 Å². The van der Waals surface area contributed by atoms with Crippen LogP contribution in [0.4, 0.5) is 5.69 Å². The molecule has 1 fully saturated rings. The Labute approximate surface area is 162 Å². The minimum Gasteiger partial charge on any atom is -0.506 e. The van der Waals surface area contributed by atoms with Gasteiger partial charge in [0.1, 0.15) is 16.4 Å². The van der Waals surface area contributed by atoms with E-state index in [-0.39, 0.29) is 11.7 Å². The van der Waals surface area contributed by atoms with Crippen molar-refractivity contribution in [3.63, 3.8) is 0 Å². The maximum atomic E-state index is 13.1. The van der Waals surface area contributed by atoms with Gasteiger partial charge in [-0.05, 0) is 38.5 Å². The molecule has 140 valence electrons. The highest BCUT2D eigenvalue weighted by Gasteiger charge is 2.27. The number of carbonyl (C=O) groups is 1. The summed E-state index contributed by atoms with van der Waals surface area (Å²) in [5.74, 6) is 1.07. The fraction of sp³-hybridized carbons (Fsp3) is 0.350. The summed E-state index contributed by atoms with van der Waals surface area (Å²) in [5, 5.41) is 11.0. The summed E-state index contributed by atoms with van der Waals surface area (Å²) in [6.45, 7) is 8.48. The van der Waals surface area contributed by atoms with Crippen molar-refractivity contribution in [3.8, 4) is 5.75 Å². The van der Waals surface area contributed by atoms with E-state index in [0.29, 0.717) is 26.2 Å². The number of aromatic hydroxyl groups is 1. The van der Waals surface area contributed by atoms with Gasteiger partial charge in [0.05, 0.1) is 10.6 Å². The van der Waals surface area contributed by atoms with Crippen LogP contribution >= 0.6 is 11.3 Å². The van der Waals surface area contributed by atoms with Gasteiger partial charge in [-0.1, -0.05) is 12.1 Å². The van der Waals surface area contributed by atoms with E-state index in [4.69, 9.17) is 0 Å². The molecule has 0 unspecified atom stereocenters. The number of benzene rings is 1. The summed E-state index contributed by atoms with van der Waals surface area (Å²) in [5.41, 5.74) is 2.72. The second-order valence-corrected chi connectivity index (χ2v) is 7.86. The van der Waals surface area contributed by atoms with Gasteiger partial charge in [-0.25, -0.2) is 9.97 Å². The Morgan fingerprint density at radius 2 is 1.78 bits per heavy atom. The van der Waals surface area contributed by atoms with Crippen molar-refractivity contribution in [2.75, 3.05) is 31.1 Å². The molecule has 2 aromatic heterocycles. The van der Waals surface area contributed by atoms with Crippen LogP contribution in [0.3, 0.4) is 0 Å². The Kier molecular flexibility index (Phi) is 4.47. The first-order valence-corrected chi connectivity index (χ1v) is 9.84. The monoisotopic (exact) mass is 382 g/mol. The highest BCUT2D eigenvalue weighted by molar-refractivity contribution is 7.20. The Morgan fingerprint density at radius 1 is 1.07 bits per heavy atom. The Bertz CT molecular complexity index is 1020. The molecule has 0 bridgehead atoms. The van der Waals surface area contributed by atoms with E-state index in [1.54, 1.807) is 6.07 Å². The van der Waals surface area contributed by atoms with Crippen molar-refractivity contribution in [3.05, 3.63) is 46.2 Å². The Hall–Kier alpha value is -2.67. The zero-order valence-corrected chi connectivity index (χ0v) is 16.5. The Balaban J connectivity index is 1.55. The first-order chi connectivity index (χ1) is 13.0. The summed E-state index contributed by atoms with van der Waals surface area (Å²) in [6.07, 6.45) is 0. The van der Waals surface area contributed by atoms with Gasteiger partial charge >= 0.3 is 0 Å². The summed E-state index contributed by atoms with van der Waals surface area (Å²) >= 11 is 1.46. The minimum atomic E-state index is 0.0597. The Morgan fingerprint density at radius 3 is 2.48 bits per heavy atom. The number of para-hydroxylation sites is 2. The average Bonchev–Trinajstić information content (AvgIpc) is 2.98. The van der Waals surface area contributed by atoms with Gasteiger partial charge in [0.15, 0.2) is 0 Å². The fourth-order valence-corrected chi connectivity index (χ4v) is 4.95. The lowest BCUT2D eigenvalue weighted by molar-refractivity contribution is 0.0751. The number of hydrogen-bond donors (Lipinski definition) is 1. The van der Waals surface area contributed by atoms with Gasteiger partial charge < -0.3 is 14.9 Å². The van der Waals surface area contributed by atoms with Crippen LogP contribution in [0.25, 0.3) is 10.2 Å². The van der Waals surface area contributed by atoms with Crippen molar-refractivity contribution < 1.29 is 9.90 Å². The molecule has 7 heteroatoms. The molecule has 3 heterocycles. The number of rotatable bonds is 2. The molecule has 1 aliphatic rings. The van der Waals surface area contributed by atoms with Crippen molar-refractivity contribution in [1.82, 2.24) is 14.9 Å². The van der Waals surface area contributed by atoms with Gasteiger partial charge in [-0.3, -0.25) is 4.79 Å². The molecule has 6 nitrogen and oxygen atoms in total. The van der Waals surface area contributed by atoms with Gasteiger partial charge in [-0.2, -0.15) is 0 Å². The average molecular weight is 382 g/mol. The van der Waals surface area contributed by atoms with E-state index in [2.05, 4.69) is 14.9 Å². The second kappa shape index (κ2) is 6.81. The number of phenolic OH excluding ortho intramolecular Hbond substituents is 1. The zero-order chi connectivity index (χ0) is 19.1. The molecule has 1 saturated heterocycles. The molecule has 27 heavy (non-hydrogen) atoms. The summed E-state index contributed by atoms with van der Waals surface area (Å²) in [7, 11) is 0. The number of phenols is 1. The van der Waals surface area contributed by atoms with Gasteiger partial charge in [-0.15, -0.1) is 11.3 Å². The van der Waals surface area contributed by atoms with E-state index < -0.39 is 0 Å². The van der Waals surface area contributed by atoms with Crippen LogP contribution in [0.2, 0.25) is 0 Å². The number of thiophene rings is 1. The number of amides is 1. The summed E-state index contributed by atoms with van der Waals surface area (Å²) in [4.78, 5) is 27.7. The third kappa shape index (κ3) is 3.12. The largest absolute Gasteiger partial charge is 0.506 e. The summed E-state index contributed by atoms with van der Waals surface area (Å²) in [6, 6.07) is 7.33. The first-order valence-electron chi connectivity index (χ1n) is 9.02. The molecular formula is C20H22N4O2S. The SMILES string of the molecule is Cc1nc(C)c2c(C)c(C(=O)N3CCN(c4ccccc4O)CC3)sc2n1. The van der Waals surface area contributed by atoms with Crippen LogP contribution < -0.4 is 4.90 Å². The number of piperazine rings is 1. The molecule has 0 radical (unpaired) electrons. The zero-order valence-electron chi connectivity index (χ0n) is 15.7. The molecule has 3 aromatic rings. The van der Waals surface area contributed by atoms with Crippen LogP contribution in [0.15, 0.2) is 24.3 Å². The quantitative estimate of drug-likeness (QED) is 0.737. The van der Waals surface area contributed by atoms with Crippen LogP contribution in [0, 0.1) is 20.8 Å². The number of aryl methyl sites for hydroxylation is 3. The van der Waals surface area contributed by atoms with E-state index in [9.17, 15) is 9.90 Å². The van der Waals surface area contributed by atoms with E-state index in [1.807, 2.05) is 43.9 Å². The molecule has 0 aliphatic carbocycles. The highest BCUT2D eigenvalue weighted by Crippen LogP contribution is 2.33. The van der Waals surface area contributed by atoms with E-state index in [0.717, 1.165) is 37.9 Å². The second-order valence-electron chi connectivity index (χ2n) is 6.86. The molecule has 0 saturated carbocycles. The van der Waals surface area contributed by atoms with Crippen LogP contribution in [-0.4, -0.2) is 52.1 Å². The van der Waals surface area contributed by atoms with Crippen molar-refractivity contribution in [2.45, 2.75) is 20.8 Å². The van der Waals surface area contributed by atoms with Gasteiger partial charge in [0.2, 0.25) is 0 Å². The molecule has 1 amide bonds. The number of nitrogens with zero attached hydrogens (tertiary/aromatic N) is 4. The lowest BCUT2D eigenvalue weighted by Crippen LogP contribution is -2.48. The molecule has 1 aliphatic heterocycles. The molecule has 4 rings (SSSR count). The lowest BCUT2D eigenvalue weighted by Gasteiger charge is -2.36. The predicted molar refractivity (Wildman–Crippen MR) is 108 cm³/mol. The standard InChI is InChI=1S/C20H22N4O2S/c1-12-17-13(2)21-14(3)22-19(17)27-18(12)20(26)24-10-8-23(9-11-24)15-6-4-5-7-16(15)25/h4-7,25H,8-11H2,1-3H3. The fourth-order valence-electron chi connectivity index (χ4n) is 3.70. The maximum absolute atomic E-state index is 13.1. The molecular weight excluding hydrogens is 360 g/mol. The normalized spacial score (nSPS) is 14.8. The number of aromatic nitrogens is 2. The lowest BCUT2D eigenvalue weighted by atomic mass is 10.1. The van der Waals surface area contributed by atoms with Crippen LogP contribution in [0.1, 0.15) is 26.8 Å². The first kappa shape index (κ1) is 17.7. The third-order valence-corrected chi connectivity index (χ3v) is 6.24. The predicted octanol–water partition coefficient (Wildman–Crippen LogP) is 3.28. The smallest absolute Gasteiger partial charge is 0.264 e. The van der Waals surface area contributed by atoms with Gasteiger partial charge in [0.25, 0.3) is 5.91 Å². The van der Waals surface area contributed by atoms with Crippen LogP contribution in [-0.2, 0) is 0 Å². The summed E-state index contributed by atoms with van der Waals surface area (Å²) < 4.78 is 0. The molecule has 1 N–H and O–H groups in total. The number of fused-ring (bicyclic) bond motifs is 1. The molecule has 0 spiro atoms. The highest BCUT2D eigenvalue weighted by atomic mass is 32.1. The van der Waals surface area contributed by atoms with Crippen molar-refractivity contribution in [2.24, 2.45) is 0 Å². The van der Waals surface area contributed by atoms with Crippen molar-refractivity contribution >= 4 is 33.1 Å². The van der Waals surface area contributed by atoms with Gasteiger partial charge in [0, 0.05) is 37.3 Å². The minimum absolute atomic E-state index is 0.0597. The number of anilines is 1. The van der Waals surface area contributed by atoms with Crippen molar-refractivity contribution in [1.29, 1.82) is 0 Å².